The van der Waals surface area contributed by atoms with Crippen molar-refractivity contribution in [3.05, 3.63) is 54.1 Å². The summed E-state index contributed by atoms with van der Waals surface area (Å²) in [5.74, 6) is -0.278. The predicted octanol–water partition coefficient (Wildman–Crippen LogP) is 3.69. The van der Waals surface area contributed by atoms with Gasteiger partial charge in [0.05, 0.1) is 4.90 Å². The molecule has 0 heterocycles. The van der Waals surface area contributed by atoms with Gasteiger partial charge in [-0.25, -0.2) is 8.42 Å². The van der Waals surface area contributed by atoms with Crippen molar-refractivity contribution >= 4 is 33.4 Å². The molecule has 1 amide bonds. The average Bonchev–Trinajstić information content (AvgIpc) is 2.61. The Morgan fingerprint density at radius 1 is 1.12 bits per heavy atom. The van der Waals surface area contributed by atoms with Gasteiger partial charge >= 0.3 is 0 Å². The zero-order chi connectivity index (χ0) is 18.6. The zero-order valence-corrected chi connectivity index (χ0v) is 16.3. The van der Waals surface area contributed by atoms with Gasteiger partial charge in [-0.15, -0.1) is 11.8 Å². The lowest BCUT2D eigenvalue weighted by Gasteiger charge is -2.21. The topological polar surface area (TPSA) is 66.5 Å². The van der Waals surface area contributed by atoms with E-state index in [1.165, 1.54) is 28.6 Å². The van der Waals surface area contributed by atoms with Crippen LogP contribution < -0.4 is 5.32 Å². The second-order valence-corrected chi connectivity index (χ2v) is 8.70. The molecule has 134 valence electrons. The second kappa shape index (κ2) is 8.03. The normalized spacial score (nSPS) is 11.8. The van der Waals surface area contributed by atoms with Gasteiger partial charge in [0, 0.05) is 29.2 Å². The summed E-state index contributed by atoms with van der Waals surface area (Å²) in [6.45, 7) is 3.62. The molecule has 0 bridgehead atoms. The highest BCUT2D eigenvalue weighted by molar-refractivity contribution is 7.98. The number of thioether (sulfide) groups is 1. The smallest absolute Gasteiger partial charge is 0.255 e. The summed E-state index contributed by atoms with van der Waals surface area (Å²) in [6.07, 6.45) is 1.97. The zero-order valence-electron chi connectivity index (χ0n) is 14.7. The summed E-state index contributed by atoms with van der Waals surface area (Å²) in [4.78, 5) is 13.6. The molecule has 0 atom stereocenters. The minimum atomic E-state index is -3.55. The molecule has 5 nitrogen and oxygen atoms in total. The third-order valence-electron chi connectivity index (χ3n) is 3.85. The van der Waals surface area contributed by atoms with Crippen LogP contribution in [-0.4, -0.2) is 38.0 Å². The van der Waals surface area contributed by atoms with Crippen molar-refractivity contribution in [2.75, 3.05) is 18.6 Å². The summed E-state index contributed by atoms with van der Waals surface area (Å²) in [5, 5.41) is 2.82. The first-order valence-corrected chi connectivity index (χ1v) is 10.5. The maximum absolute atomic E-state index is 12.4. The van der Waals surface area contributed by atoms with Crippen molar-refractivity contribution in [2.45, 2.75) is 29.7 Å². The number of carbonyl (C=O) groups is 1. The highest BCUT2D eigenvalue weighted by atomic mass is 32.2. The first-order valence-electron chi connectivity index (χ1n) is 7.79. The number of carbonyl (C=O) groups excluding carboxylic acids is 1. The molecule has 0 saturated heterocycles. The van der Waals surface area contributed by atoms with Crippen molar-refractivity contribution in [1.82, 2.24) is 4.31 Å². The van der Waals surface area contributed by atoms with Gasteiger partial charge in [-0.3, -0.25) is 4.79 Å². The summed E-state index contributed by atoms with van der Waals surface area (Å²) < 4.78 is 26.2. The fourth-order valence-electron chi connectivity index (χ4n) is 2.13. The average molecular weight is 379 g/mol. The van der Waals surface area contributed by atoms with Crippen molar-refractivity contribution < 1.29 is 13.2 Å². The van der Waals surface area contributed by atoms with Crippen LogP contribution in [0.15, 0.2) is 58.3 Å². The summed E-state index contributed by atoms with van der Waals surface area (Å²) in [7, 11) is -2.01. The van der Waals surface area contributed by atoms with Gasteiger partial charge in [0.25, 0.3) is 5.91 Å². The lowest BCUT2D eigenvalue weighted by Crippen LogP contribution is -2.33. The fraction of sp³-hybridized carbons (Fsp3) is 0.278. The first-order chi connectivity index (χ1) is 11.8. The van der Waals surface area contributed by atoms with Crippen LogP contribution in [0.4, 0.5) is 5.69 Å². The van der Waals surface area contributed by atoms with E-state index in [-0.39, 0.29) is 16.8 Å². The van der Waals surface area contributed by atoms with Crippen LogP contribution in [0.2, 0.25) is 0 Å². The van der Waals surface area contributed by atoms with Crippen molar-refractivity contribution in [2.24, 2.45) is 0 Å². The molecule has 0 spiro atoms. The van der Waals surface area contributed by atoms with E-state index >= 15 is 0 Å². The monoisotopic (exact) mass is 378 g/mol. The molecule has 0 aliphatic rings. The minimum absolute atomic E-state index is 0.142. The molecular weight excluding hydrogens is 356 g/mol. The Morgan fingerprint density at radius 3 is 2.32 bits per heavy atom. The second-order valence-electron chi connectivity index (χ2n) is 5.83. The van der Waals surface area contributed by atoms with Crippen molar-refractivity contribution in [3.63, 3.8) is 0 Å². The van der Waals surface area contributed by atoms with Gasteiger partial charge < -0.3 is 5.32 Å². The third kappa shape index (κ3) is 4.62. The Bertz CT molecular complexity index is 847. The van der Waals surface area contributed by atoms with Gasteiger partial charge in [-0.05, 0) is 62.6 Å². The Balaban J connectivity index is 2.17. The third-order valence-corrected chi connectivity index (χ3v) is 6.62. The molecule has 1 N–H and O–H groups in total. The van der Waals surface area contributed by atoms with E-state index in [4.69, 9.17) is 0 Å². The molecule has 0 fully saturated rings. The summed E-state index contributed by atoms with van der Waals surface area (Å²) >= 11 is 1.59. The molecule has 0 saturated carbocycles. The number of hydrogen-bond donors (Lipinski definition) is 1. The predicted molar refractivity (Wildman–Crippen MR) is 103 cm³/mol. The van der Waals surface area contributed by atoms with E-state index in [1.54, 1.807) is 18.8 Å². The van der Waals surface area contributed by atoms with Gasteiger partial charge in [-0.2, -0.15) is 4.31 Å². The number of nitrogens with one attached hydrogen (secondary N) is 1. The van der Waals surface area contributed by atoms with Crippen LogP contribution in [0.3, 0.4) is 0 Å². The molecule has 2 rings (SSSR count). The van der Waals surface area contributed by atoms with Crippen molar-refractivity contribution in [3.8, 4) is 0 Å². The Kier molecular flexibility index (Phi) is 6.26. The molecule has 2 aromatic carbocycles. The fourth-order valence-corrected chi connectivity index (χ4v) is 3.95. The summed E-state index contributed by atoms with van der Waals surface area (Å²) in [6, 6.07) is 13.4. The number of sulfonamides is 1. The maximum Gasteiger partial charge on any atom is 0.255 e. The largest absolute Gasteiger partial charge is 0.322 e. The first kappa shape index (κ1) is 19.5. The van der Waals surface area contributed by atoms with Crippen LogP contribution in [0.5, 0.6) is 0 Å². The maximum atomic E-state index is 12.4. The molecule has 7 heteroatoms. The number of anilines is 1. The Morgan fingerprint density at radius 2 is 1.76 bits per heavy atom. The number of rotatable bonds is 6. The number of amides is 1. The van der Waals surface area contributed by atoms with Crippen LogP contribution in [0, 0.1) is 0 Å². The molecule has 25 heavy (non-hydrogen) atoms. The number of nitrogens with zero attached hydrogens (tertiary/aromatic N) is 1. The molecule has 0 aliphatic carbocycles. The van der Waals surface area contributed by atoms with Crippen LogP contribution in [-0.2, 0) is 10.0 Å². The van der Waals surface area contributed by atoms with E-state index in [9.17, 15) is 13.2 Å². The van der Waals surface area contributed by atoms with E-state index in [0.717, 1.165) is 4.90 Å². The molecule has 0 radical (unpaired) electrons. The van der Waals surface area contributed by atoms with Crippen LogP contribution in [0.1, 0.15) is 24.2 Å². The van der Waals surface area contributed by atoms with Crippen LogP contribution >= 0.6 is 11.8 Å². The van der Waals surface area contributed by atoms with Gasteiger partial charge in [0.15, 0.2) is 0 Å². The lowest BCUT2D eigenvalue weighted by molar-refractivity contribution is 0.102. The minimum Gasteiger partial charge on any atom is -0.322 e. The highest BCUT2D eigenvalue weighted by Gasteiger charge is 2.23. The SMILES string of the molecule is CSc1cccc(NC(=O)c2ccc(S(=O)(=O)N(C)C(C)C)cc2)c1. The number of benzene rings is 2. The quantitative estimate of drug-likeness (QED) is 0.779. The number of hydrogen-bond acceptors (Lipinski definition) is 4. The molecule has 0 unspecified atom stereocenters. The lowest BCUT2D eigenvalue weighted by atomic mass is 10.2. The molecule has 0 aliphatic heterocycles. The van der Waals surface area contributed by atoms with Gasteiger partial charge in [-0.1, -0.05) is 6.07 Å². The van der Waals surface area contributed by atoms with E-state index < -0.39 is 10.0 Å². The van der Waals surface area contributed by atoms with Crippen LogP contribution in [0.25, 0.3) is 0 Å². The van der Waals surface area contributed by atoms with E-state index in [0.29, 0.717) is 11.3 Å². The van der Waals surface area contributed by atoms with E-state index in [1.807, 2.05) is 44.4 Å². The van der Waals surface area contributed by atoms with Gasteiger partial charge in [0.1, 0.15) is 0 Å². The Hall–Kier alpha value is -1.83. The summed E-state index contributed by atoms with van der Waals surface area (Å²) in [5.41, 5.74) is 1.11. The van der Waals surface area contributed by atoms with E-state index in [2.05, 4.69) is 5.32 Å². The molecule has 0 aromatic heterocycles. The molecular formula is C18H22N2O3S2. The van der Waals surface area contributed by atoms with Crippen molar-refractivity contribution in [1.29, 1.82) is 0 Å². The standard InChI is InChI=1S/C18H22N2O3S2/c1-13(2)20(3)25(22,23)17-10-8-14(9-11-17)18(21)19-15-6-5-7-16(12-15)24-4/h5-13H,1-4H3,(H,19,21). The Labute approximate surface area is 153 Å². The molecule has 2 aromatic rings. The highest BCUT2D eigenvalue weighted by Crippen LogP contribution is 2.20. The van der Waals surface area contributed by atoms with Gasteiger partial charge in [0.2, 0.25) is 10.0 Å².